The van der Waals surface area contributed by atoms with Gasteiger partial charge in [0.1, 0.15) is 0 Å². The van der Waals surface area contributed by atoms with Crippen molar-refractivity contribution in [1.29, 1.82) is 0 Å². The molecule has 0 saturated heterocycles. The third kappa shape index (κ3) is 7.33. The van der Waals surface area contributed by atoms with Crippen LogP contribution >= 0.6 is 0 Å². The topological polar surface area (TPSA) is 49.8 Å². The highest BCUT2D eigenvalue weighted by molar-refractivity contribution is 5.67. The molecule has 0 amide bonds. The van der Waals surface area contributed by atoms with Gasteiger partial charge in [-0.15, -0.1) is 0 Å². The third-order valence-electron chi connectivity index (χ3n) is 2.37. The molecule has 0 bridgehead atoms. The number of carboxylic acid groups (broad SMARTS) is 1. The predicted molar refractivity (Wildman–Crippen MR) is 60.1 cm³/mol. The second-order valence-corrected chi connectivity index (χ2v) is 3.69. The van der Waals surface area contributed by atoms with Gasteiger partial charge in [0.25, 0.3) is 0 Å². The van der Waals surface area contributed by atoms with E-state index in [-0.39, 0.29) is 12.5 Å². The zero-order valence-electron chi connectivity index (χ0n) is 10.0. The molecule has 1 unspecified atom stereocenters. The molecule has 90 valence electrons. The Labute approximate surface area is 92.2 Å². The fourth-order valence-electron chi connectivity index (χ4n) is 1.50. The highest BCUT2D eigenvalue weighted by Crippen LogP contribution is 2.03. The van der Waals surface area contributed by atoms with Crippen LogP contribution in [0.4, 0.5) is 0 Å². The minimum absolute atomic E-state index is 0.0812. The van der Waals surface area contributed by atoms with Gasteiger partial charge in [0.15, 0.2) is 0 Å². The molecule has 4 heteroatoms. The second kappa shape index (κ2) is 8.68. The van der Waals surface area contributed by atoms with Crippen LogP contribution in [-0.2, 0) is 9.53 Å². The van der Waals surface area contributed by atoms with Crippen molar-refractivity contribution in [2.45, 2.75) is 39.7 Å². The van der Waals surface area contributed by atoms with Crippen molar-refractivity contribution in [2.24, 2.45) is 0 Å². The molecule has 0 aliphatic heterocycles. The molecule has 0 rings (SSSR count). The highest BCUT2D eigenvalue weighted by atomic mass is 16.5. The van der Waals surface area contributed by atoms with Gasteiger partial charge in [0.2, 0.25) is 0 Å². The van der Waals surface area contributed by atoms with E-state index in [4.69, 9.17) is 9.84 Å². The first kappa shape index (κ1) is 14.4. The molecule has 0 aromatic rings. The Bertz CT molecular complexity index is 173. The van der Waals surface area contributed by atoms with Crippen LogP contribution in [0, 0.1) is 0 Å². The summed E-state index contributed by atoms with van der Waals surface area (Å²) in [5.41, 5.74) is 0. The average molecular weight is 217 g/mol. The first-order chi connectivity index (χ1) is 7.11. The molecule has 0 fully saturated rings. The number of likely N-dealkylation sites (N-methyl/N-ethyl adjacent to an activating group) is 1. The van der Waals surface area contributed by atoms with Gasteiger partial charge in [-0.1, -0.05) is 13.8 Å². The Balaban J connectivity index is 3.74. The average Bonchev–Trinajstić information content (AvgIpc) is 2.16. The summed E-state index contributed by atoms with van der Waals surface area (Å²) in [4.78, 5) is 12.7. The molecule has 0 aliphatic carbocycles. The number of rotatable bonds is 9. The normalized spacial score (nSPS) is 13.1. The molecule has 0 saturated carbocycles. The molecule has 4 nitrogen and oxygen atoms in total. The Morgan fingerprint density at radius 3 is 2.53 bits per heavy atom. The van der Waals surface area contributed by atoms with E-state index < -0.39 is 5.97 Å². The molecule has 1 N–H and O–H groups in total. The number of aliphatic carboxylic acids is 1. The number of ether oxygens (including phenoxy) is 1. The lowest BCUT2D eigenvalue weighted by Crippen LogP contribution is -2.37. The van der Waals surface area contributed by atoms with Gasteiger partial charge in [-0.25, -0.2) is 0 Å². The number of hydrogen-bond acceptors (Lipinski definition) is 3. The van der Waals surface area contributed by atoms with Crippen molar-refractivity contribution in [3.05, 3.63) is 0 Å². The lowest BCUT2D eigenvalue weighted by molar-refractivity contribution is -0.138. The van der Waals surface area contributed by atoms with E-state index in [0.717, 1.165) is 26.1 Å². The van der Waals surface area contributed by atoms with Crippen molar-refractivity contribution in [3.8, 4) is 0 Å². The fraction of sp³-hybridized carbons (Fsp3) is 0.909. The minimum Gasteiger partial charge on any atom is -0.481 e. The van der Waals surface area contributed by atoms with E-state index in [2.05, 4.69) is 11.8 Å². The van der Waals surface area contributed by atoms with Crippen molar-refractivity contribution < 1.29 is 14.6 Å². The van der Waals surface area contributed by atoms with Gasteiger partial charge >= 0.3 is 5.97 Å². The molecule has 1 atom stereocenters. The Kier molecular flexibility index (Phi) is 8.33. The van der Waals surface area contributed by atoms with E-state index in [0.29, 0.717) is 6.61 Å². The number of nitrogens with zero attached hydrogens (tertiary/aromatic N) is 1. The van der Waals surface area contributed by atoms with Gasteiger partial charge in [-0.3, -0.25) is 9.69 Å². The van der Waals surface area contributed by atoms with Crippen molar-refractivity contribution in [1.82, 2.24) is 4.90 Å². The molecule has 15 heavy (non-hydrogen) atoms. The molecular formula is C11H23NO3. The first-order valence-electron chi connectivity index (χ1n) is 5.65. The summed E-state index contributed by atoms with van der Waals surface area (Å²) in [5, 5.41) is 8.68. The van der Waals surface area contributed by atoms with E-state index in [9.17, 15) is 4.79 Å². The molecule has 0 aromatic carbocycles. The highest BCUT2D eigenvalue weighted by Gasteiger charge is 2.14. The van der Waals surface area contributed by atoms with Crippen LogP contribution in [0.25, 0.3) is 0 Å². The smallest absolute Gasteiger partial charge is 0.304 e. The van der Waals surface area contributed by atoms with E-state index in [1.807, 2.05) is 13.8 Å². The molecule has 0 aromatic heterocycles. The van der Waals surface area contributed by atoms with Gasteiger partial charge in [-0.05, 0) is 19.9 Å². The molecule has 0 heterocycles. The molecule has 0 radical (unpaired) electrons. The minimum atomic E-state index is -0.740. The summed E-state index contributed by atoms with van der Waals surface area (Å²) in [6.45, 7) is 9.20. The van der Waals surface area contributed by atoms with Crippen LogP contribution in [-0.4, -0.2) is 48.3 Å². The summed E-state index contributed by atoms with van der Waals surface area (Å²) < 4.78 is 5.38. The predicted octanol–water partition coefficient (Wildman–Crippen LogP) is 1.60. The van der Waals surface area contributed by atoms with Crippen molar-refractivity contribution in [2.75, 3.05) is 26.3 Å². The number of carboxylic acids is 1. The first-order valence-corrected chi connectivity index (χ1v) is 5.65. The van der Waals surface area contributed by atoms with Crippen LogP contribution in [0.2, 0.25) is 0 Å². The van der Waals surface area contributed by atoms with E-state index >= 15 is 0 Å². The van der Waals surface area contributed by atoms with Gasteiger partial charge in [-0.2, -0.15) is 0 Å². The lowest BCUT2D eigenvalue weighted by Gasteiger charge is -2.26. The van der Waals surface area contributed by atoms with Crippen LogP contribution in [0.5, 0.6) is 0 Å². The Morgan fingerprint density at radius 1 is 1.40 bits per heavy atom. The third-order valence-corrected chi connectivity index (χ3v) is 2.37. The SMILES string of the molecule is CCCOCCN(CC)C(C)CC(=O)O. The quantitative estimate of drug-likeness (QED) is 0.596. The van der Waals surface area contributed by atoms with Crippen molar-refractivity contribution in [3.63, 3.8) is 0 Å². The largest absolute Gasteiger partial charge is 0.481 e. The lowest BCUT2D eigenvalue weighted by atomic mass is 10.2. The summed E-state index contributed by atoms with van der Waals surface area (Å²) >= 11 is 0. The Morgan fingerprint density at radius 2 is 2.07 bits per heavy atom. The van der Waals surface area contributed by atoms with Gasteiger partial charge in [0.05, 0.1) is 13.0 Å². The maximum atomic E-state index is 10.5. The van der Waals surface area contributed by atoms with Gasteiger partial charge < -0.3 is 9.84 Å². The van der Waals surface area contributed by atoms with Crippen LogP contribution in [0.3, 0.4) is 0 Å². The van der Waals surface area contributed by atoms with E-state index in [1.165, 1.54) is 0 Å². The van der Waals surface area contributed by atoms with Crippen LogP contribution in [0.1, 0.15) is 33.6 Å². The summed E-state index contributed by atoms with van der Waals surface area (Å²) in [5.74, 6) is -0.740. The summed E-state index contributed by atoms with van der Waals surface area (Å²) in [6.07, 6.45) is 1.22. The molecule has 0 spiro atoms. The van der Waals surface area contributed by atoms with Gasteiger partial charge in [0, 0.05) is 19.2 Å². The standard InChI is InChI=1S/C11H23NO3/c1-4-7-15-8-6-12(5-2)10(3)9-11(13)14/h10H,4-9H2,1-3H3,(H,13,14). The van der Waals surface area contributed by atoms with Crippen LogP contribution < -0.4 is 0 Å². The van der Waals surface area contributed by atoms with Crippen LogP contribution in [0.15, 0.2) is 0 Å². The fourth-order valence-corrected chi connectivity index (χ4v) is 1.50. The zero-order chi connectivity index (χ0) is 11.7. The number of hydrogen-bond donors (Lipinski definition) is 1. The summed E-state index contributed by atoms with van der Waals surface area (Å²) in [7, 11) is 0. The molecule has 0 aliphatic rings. The maximum Gasteiger partial charge on any atom is 0.304 e. The second-order valence-electron chi connectivity index (χ2n) is 3.69. The summed E-state index contributed by atoms with van der Waals surface area (Å²) in [6, 6.07) is 0.0812. The maximum absolute atomic E-state index is 10.5. The monoisotopic (exact) mass is 217 g/mol. The molecular weight excluding hydrogens is 194 g/mol. The van der Waals surface area contributed by atoms with E-state index in [1.54, 1.807) is 0 Å². The zero-order valence-corrected chi connectivity index (χ0v) is 10.0. The number of carbonyl (C=O) groups is 1. The van der Waals surface area contributed by atoms with Crippen molar-refractivity contribution >= 4 is 5.97 Å². The Hall–Kier alpha value is -0.610.